The fourth-order valence-electron chi connectivity index (χ4n) is 2.94. The van der Waals surface area contributed by atoms with Crippen molar-refractivity contribution in [1.29, 1.82) is 0 Å². The van der Waals surface area contributed by atoms with Gasteiger partial charge in [0.05, 0.1) is 24.9 Å². The predicted molar refractivity (Wildman–Crippen MR) is 82.8 cm³/mol. The Morgan fingerprint density at radius 3 is 3.09 bits per heavy atom. The molecule has 7 nitrogen and oxygen atoms in total. The number of hydrogen-bond donors (Lipinski definition) is 1. The van der Waals surface area contributed by atoms with E-state index in [1.807, 2.05) is 30.7 Å². The number of hydrogen-bond acceptors (Lipinski definition) is 5. The molecule has 0 aliphatic carbocycles. The van der Waals surface area contributed by atoms with Crippen LogP contribution in [0.1, 0.15) is 24.2 Å². The summed E-state index contributed by atoms with van der Waals surface area (Å²) < 4.78 is 12.7. The third kappa shape index (κ3) is 3.79. The van der Waals surface area contributed by atoms with Crippen LogP contribution in [-0.2, 0) is 28.9 Å². The average Bonchev–Trinajstić information content (AvgIpc) is 3.23. The lowest BCUT2D eigenvalue weighted by atomic mass is 9.98. The van der Waals surface area contributed by atoms with Crippen LogP contribution in [0.4, 0.5) is 0 Å². The van der Waals surface area contributed by atoms with Gasteiger partial charge in [0.25, 0.3) is 0 Å². The van der Waals surface area contributed by atoms with Crippen LogP contribution < -0.4 is 5.32 Å². The first kappa shape index (κ1) is 15.7. The lowest BCUT2D eigenvalue weighted by Gasteiger charge is -2.18. The van der Waals surface area contributed by atoms with Crippen molar-refractivity contribution in [3.05, 3.63) is 35.7 Å². The van der Waals surface area contributed by atoms with Crippen LogP contribution in [-0.4, -0.2) is 39.9 Å². The Bertz CT molecular complexity index is 664. The van der Waals surface area contributed by atoms with E-state index in [1.165, 1.54) is 0 Å². The molecule has 0 spiro atoms. The molecule has 0 radical (unpaired) electrons. The first-order chi connectivity index (χ1) is 11.2. The molecule has 1 N–H and O–H groups in total. The Labute approximate surface area is 135 Å². The van der Waals surface area contributed by atoms with Gasteiger partial charge in [0.15, 0.2) is 0 Å². The summed E-state index contributed by atoms with van der Waals surface area (Å²) in [6, 6.07) is 1.93. The van der Waals surface area contributed by atoms with Gasteiger partial charge in [0.2, 0.25) is 5.91 Å². The second-order valence-electron chi connectivity index (χ2n) is 5.94. The summed E-state index contributed by atoms with van der Waals surface area (Å²) in [5.74, 6) is 1.93. The van der Waals surface area contributed by atoms with Crippen molar-refractivity contribution in [3.63, 3.8) is 0 Å². The van der Waals surface area contributed by atoms with Gasteiger partial charge in [0, 0.05) is 37.2 Å². The maximum absolute atomic E-state index is 12.3. The van der Waals surface area contributed by atoms with Gasteiger partial charge in [-0.1, -0.05) is 12.1 Å². The molecule has 1 saturated heterocycles. The van der Waals surface area contributed by atoms with Crippen LogP contribution in [0, 0.1) is 12.8 Å². The van der Waals surface area contributed by atoms with Crippen LogP contribution in [0.15, 0.2) is 23.0 Å². The summed E-state index contributed by atoms with van der Waals surface area (Å²) in [4.78, 5) is 16.5. The summed E-state index contributed by atoms with van der Waals surface area (Å²) in [5.41, 5.74) is 0.867. The Balaban J connectivity index is 1.56. The highest BCUT2D eigenvalue weighted by Crippen LogP contribution is 2.19. The molecule has 1 fully saturated rings. The predicted octanol–water partition coefficient (Wildman–Crippen LogP) is 1.12. The molecule has 0 bridgehead atoms. The van der Waals surface area contributed by atoms with Crippen LogP contribution in [0.5, 0.6) is 0 Å². The summed E-state index contributed by atoms with van der Waals surface area (Å²) in [6.45, 7) is 5.36. The summed E-state index contributed by atoms with van der Waals surface area (Å²) in [6.07, 6.45) is 5.08. The van der Waals surface area contributed by atoms with Gasteiger partial charge in [-0.25, -0.2) is 4.98 Å². The van der Waals surface area contributed by atoms with E-state index in [2.05, 4.69) is 15.5 Å². The van der Waals surface area contributed by atoms with Gasteiger partial charge in [-0.2, -0.15) is 0 Å². The molecule has 0 unspecified atom stereocenters. The van der Waals surface area contributed by atoms with Crippen LogP contribution in [0.3, 0.4) is 0 Å². The lowest BCUT2D eigenvalue weighted by Crippen LogP contribution is -2.42. The van der Waals surface area contributed by atoms with Crippen LogP contribution in [0.25, 0.3) is 0 Å². The molecule has 3 rings (SSSR count). The van der Waals surface area contributed by atoms with E-state index in [1.54, 1.807) is 6.20 Å². The summed E-state index contributed by atoms with van der Waals surface area (Å²) in [7, 11) is 0. The van der Waals surface area contributed by atoms with E-state index < -0.39 is 0 Å². The van der Waals surface area contributed by atoms with E-state index in [0.29, 0.717) is 13.2 Å². The largest absolute Gasteiger partial charge is 0.379 e. The summed E-state index contributed by atoms with van der Waals surface area (Å²) in [5, 5.41) is 6.97. The molecule has 3 heterocycles. The van der Waals surface area contributed by atoms with E-state index in [-0.39, 0.29) is 24.4 Å². The maximum atomic E-state index is 12.3. The zero-order valence-electron chi connectivity index (χ0n) is 13.5. The molecule has 0 saturated carbocycles. The third-order valence-corrected chi connectivity index (χ3v) is 4.12. The van der Waals surface area contributed by atoms with Crippen molar-refractivity contribution in [2.75, 3.05) is 13.2 Å². The molecule has 2 atom stereocenters. The zero-order valence-corrected chi connectivity index (χ0v) is 13.5. The number of nitrogens with one attached hydrogen (secondary N) is 1. The Kier molecular flexibility index (Phi) is 4.76. The number of aromatic nitrogens is 3. The minimum Gasteiger partial charge on any atom is -0.379 e. The molecular formula is C16H22N4O3. The number of aryl methyl sites for hydroxylation is 2. The van der Waals surface area contributed by atoms with Crippen LogP contribution in [0.2, 0.25) is 0 Å². The standard InChI is InChI=1S/C16H22N4O3/c1-3-15-17-4-5-20(15)8-16(21)18-14-10-22-9-12(14)7-13-6-11(2)19-23-13/h4-6,12,14H,3,7-10H2,1-2H3,(H,18,21)/t12-,14+/m1/s1. The molecule has 124 valence electrons. The fourth-order valence-corrected chi connectivity index (χ4v) is 2.94. The van der Waals surface area contributed by atoms with E-state index in [4.69, 9.17) is 9.26 Å². The second-order valence-corrected chi connectivity index (χ2v) is 5.94. The van der Waals surface area contributed by atoms with Crippen molar-refractivity contribution in [2.45, 2.75) is 39.3 Å². The molecule has 1 aliphatic heterocycles. The topological polar surface area (TPSA) is 82.2 Å². The molecule has 2 aromatic heterocycles. The average molecular weight is 318 g/mol. The van der Waals surface area contributed by atoms with Crippen molar-refractivity contribution in [2.24, 2.45) is 5.92 Å². The quantitative estimate of drug-likeness (QED) is 0.863. The molecule has 0 aromatic carbocycles. The number of ether oxygens (including phenoxy) is 1. The second kappa shape index (κ2) is 6.95. The number of amides is 1. The highest BCUT2D eigenvalue weighted by atomic mass is 16.5. The normalized spacial score (nSPS) is 20.8. The maximum Gasteiger partial charge on any atom is 0.240 e. The number of rotatable bonds is 6. The number of nitrogens with zero attached hydrogens (tertiary/aromatic N) is 3. The van der Waals surface area contributed by atoms with Gasteiger partial charge in [-0.3, -0.25) is 4.79 Å². The smallest absolute Gasteiger partial charge is 0.240 e. The first-order valence-electron chi connectivity index (χ1n) is 7.95. The van der Waals surface area contributed by atoms with Gasteiger partial charge in [-0.15, -0.1) is 0 Å². The molecule has 23 heavy (non-hydrogen) atoms. The van der Waals surface area contributed by atoms with Gasteiger partial charge in [0.1, 0.15) is 18.1 Å². The highest BCUT2D eigenvalue weighted by molar-refractivity contribution is 5.76. The van der Waals surface area contributed by atoms with Crippen molar-refractivity contribution in [1.82, 2.24) is 20.0 Å². The Hall–Kier alpha value is -2.15. The van der Waals surface area contributed by atoms with E-state index in [0.717, 1.165) is 30.1 Å². The minimum atomic E-state index is -0.0213. The van der Waals surface area contributed by atoms with Gasteiger partial charge >= 0.3 is 0 Å². The van der Waals surface area contributed by atoms with Crippen LogP contribution >= 0.6 is 0 Å². The number of carbonyl (C=O) groups is 1. The molecule has 7 heteroatoms. The van der Waals surface area contributed by atoms with Gasteiger partial charge in [-0.05, 0) is 6.92 Å². The van der Waals surface area contributed by atoms with Crippen molar-refractivity contribution in [3.8, 4) is 0 Å². The third-order valence-electron chi connectivity index (χ3n) is 4.12. The van der Waals surface area contributed by atoms with Crippen molar-refractivity contribution < 1.29 is 14.1 Å². The molecular weight excluding hydrogens is 296 g/mol. The Morgan fingerprint density at radius 2 is 2.35 bits per heavy atom. The lowest BCUT2D eigenvalue weighted by molar-refractivity contribution is -0.122. The van der Waals surface area contributed by atoms with Crippen molar-refractivity contribution >= 4 is 5.91 Å². The van der Waals surface area contributed by atoms with Gasteiger partial charge < -0.3 is 19.1 Å². The zero-order chi connectivity index (χ0) is 16.2. The summed E-state index contributed by atoms with van der Waals surface area (Å²) >= 11 is 0. The highest BCUT2D eigenvalue weighted by Gasteiger charge is 2.30. The van der Waals surface area contributed by atoms with E-state index >= 15 is 0 Å². The number of carbonyl (C=O) groups excluding carboxylic acids is 1. The monoisotopic (exact) mass is 318 g/mol. The SMILES string of the molecule is CCc1nccn1CC(=O)N[C@H]1COC[C@H]1Cc1cc(C)no1. The molecule has 1 aliphatic rings. The molecule has 2 aromatic rings. The Morgan fingerprint density at radius 1 is 1.48 bits per heavy atom. The molecule has 1 amide bonds. The first-order valence-corrected chi connectivity index (χ1v) is 7.95. The van der Waals surface area contributed by atoms with E-state index in [9.17, 15) is 4.79 Å². The number of imidazole rings is 1. The fraction of sp³-hybridized carbons (Fsp3) is 0.562. The minimum absolute atomic E-state index is 0.00139.